The van der Waals surface area contributed by atoms with Crippen molar-refractivity contribution in [2.45, 2.75) is 26.2 Å². The summed E-state index contributed by atoms with van der Waals surface area (Å²) in [5, 5.41) is 9.73. The molecular weight excluding hydrogens is 194 g/mol. The maximum atomic E-state index is 9.03. The standard InChI is InChI=1S/C12H14ClN/c1-9(2)6-11(8-14)10-4-3-5-12(13)7-10/h3-5,7,9,11H,6H2,1-2H3. The minimum atomic E-state index is -0.0336. The number of nitrogens with zero attached hydrogens (tertiary/aromatic N) is 1. The molecule has 1 aromatic carbocycles. The number of hydrogen-bond acceptors (Lipinski definition) is 1. The van der Waals surface area contributed by atoms with E-state index in [0.29, 0.717) is 10.9 Å². The zero-order valence-corrected chi connectivity index (χ0v) is 9.25. The molecule has 0 aliphatic carbocycles. The third-order valence-corrected chi connectivity index (χ3v) is 2.35. The van der Waals surface area contributed by atoms with Gasteiger partial charge in [0.2, 0.25) is 0 Å². The first-order valence-corrected chi connectivity index (χ1v) is 5.16. The van der Waals surface area contributed by atoms with Crippen LogP contribution in [-0.4, -0.2) is 0 Å². The van der Waals surface area contributed by atoms with Gasteiger partial charge in [-0.05, 0) is 30.0 Å². The van der Waals surface area contributed by atoms with Crippen LogP contribution in [0.4, 0.5) is 0 Å². The summed E-state index contributed by atoms with van der Waals surface area (Å²) < 4.78 is 0. The Hall–Kier alpha value is -1.00. The van der Waals surface area contributed by atoms with Crippen molar-refractivity contribution in [3.8, 4) is 6.07 Å². The third-order valence-electron chi connectivity index (χ3n) is 2.11. The molecule has 0 radical (unpaired) electrons. The zero-order chi connectivity index (χ0) is 10.6. The first-order valence-electron chi connectivity index (χ1n) is 4.78. The summed E-state index contributed by atoms with van der Waals surface area (Å²) in [6.45, 7) is 4.24. The van der Waals surface area contributed by atoms with Crippen molar-refractivity contribution in [2.24, 2.45) is 5.92 Å². The minimum Gasteiger partial charge on any atom is -0.198 e. The quantitative estimate of drug-likeness (QED) is 0.735. The van der Waals surface area contributed by atoms with Gasteiger partial charge in [0.1, 0.15) is 0 Å². The van der Waals surface area contributed by atoms with E-state index in [4.69, 9.17) is 16.9 Å². The van der Waals surface area contributed by atoms with Gasteiger partial charge >= 0.3 is 0 Å². The molecule has 1 rings (SSSR count). The molecule has 1 aromatic rings. The first-order chi connectivity index (χ1) is 6.63. The molecule has 1 unspecified atom stereocenters. The molecular formula is C12H14ClN. The average Bonchev–Trinajstić information content (AvgIpc) is 2.14. The SMILES string of the molecule is CC(C)CC(C#N)c1cccc(Cl)c1. The molecule has 1 atom stereocenters. The molecule has 2 heteroatoms. The lowest BCUT2D eigenvalue weighted by atomic mass is 9.92. The van der Waals surface area contributed by atoms with Crippen LogP contribution < -0.4 is 0 Å². The minimum absolute atomic E-state index is 0.0336. The Kier molecular flexibility index (Phi) is 3.98. The second-order valence-electron chi connectivity index (χ2n) is 3.87. The molecule has 0 aliphatic heterocycles. The Morgan fingerprint density at radius 2 is 2.14 bits per heavy atom. The van der Waals surface area contributed by atoms with E-state index >= 15 is 0 Å². The van der Waals surface area contributed by atoms with Crippen LogP contribution in [0.15, 0.2) is 24.3 Å². The highest BCUT2D eigenvalue weighted by Gasteiger charge is 2.12. The highest BCUT2D eigenvalue weighted by Crippen LogP contribution is 2.24. The zero-order valence-electron chi connectivity index (χ0n) is 8.50. The molecule has 1 nitrogen and oxygen atoms in total. The summed E-state index contributed by atoms with van der Waals surface area (Å²) in [5.74, 6) is 0.493. The Morgan fingerprint density at radius 3 is 2.64 bits per heavy atom. The number of hydrogen-bond donors (Lipinski definition) is 0. The first kappa shape index (κ1) is 11.1. The van der Waals surface area contributed by atoms with E-state index in [1.54, 1.807) is 0 Å². The van der Waals surface area contributed by atoms with E-state index in [9.17, 15) is 0 Å². The number of nitriles is 1. The predicted octanol–water partition coefficient (Wildman–Crippen LogP) is 3.99. The molecule has 0 aliphatic rings. The molecule has 0 N–H and O–H groups in total. The lowest BCUT2D eigenvalue weighted by Crippen LogP contribution is -2.00. The van der Waals surface area contributed by atoms with Crippen molar-refractivity contribution in [1.82, 2.24) is 0 Å². The van der Waals surface area contributed by atoms with Crippen molar-refractivity contribution >= 4 is 11.6 Å². The monoisotopic (exact) mass is 207 g/mol. The summed E-state index contributed by atoms with van der Waals surface area (Å²) in [4.78, 5) is 0. The van der Waals surface area contributed by atoms with Gasteiger partial charge in [0.15, 0.2) is 0 Å². The molecule has 0 heterocycles. The highest BCUT2D eigenvalue weighted by molar-refractivity contribution is 6.30. The van der Waals surface area contributed by atoms with Crippen molar-refractivity contribution in [3.05, 3.63) is 34.9 Å². The van der Waals surface area contributed by atoms with E-state index < -0.39 is 0 Å². The van der Waals surface area contributed by atoms with E-state index in [0.717, 1.165) is 12.0 Å². The average molecular weight is 208 g/mol. The van der Waals surface area contributed by atoms with Gasteiger partial charge in [0.05, 0.1) is 12.0 Å². The van der Waals surface area contributed by atoms with E-state index in [-0.39, 0.29) is 5.92 Å². The Labute approximate surface area is 90.3 Å². The Bertz CT molecular complexity index is 338. The fourth-order valence-electron chi connectivity index (χ4n) is 1.46. The fraction of sp³-hybridized carbons (Fsp3) is 0.417. The van der Waals surface area contributed by atoms with Crippen LogP contribution in [0, 0.1) is 17.2 Å². The van der Waals surface area contributed by atoms with E-state index in [2.05, 4.69) is 19.9 Å². The van der Waals surface area contributed by atoms with Crippen molar-refractivity contribution < 1.29 is 0 Å². The second kappa shape index (κ2) is 5.02. The van der Waals surface area contributed by atoms with Crippen molar-refractivity contribution in [2.75, 3.05) is 0 Å². The van der Waals surface area contributed by atoms with Gasteiger partial charge in [-0.3, -0.25) is 0 Å². The van der Waals surface area contributed by atoms with Crippen LogP contribution in [0.5, 0.6) is 0 Å². The normalized spacial score (nSPS) is 12.5. The van der Waals surface area contributed by atoms with Gasteiger partial charge in [-0.15, -0.1) is 0 Å². The molecule has 0 saturated heterocycles. The second-order valence-corrected chi connectivity index (χ2v) is 4.30. The van der Waals surface area contributed by atoms with Gasteiger partial charge in [-0.2, -0.15) is 5.26 Å². The lowest BCUT2D eigenvalue weighted by Gasteiger charge is -2.11. The van der Waals surface area contributed by atoms with Crippen molar-refractivity contribution in [3.63, 3.8) is 0 Å². The number of benzene rings is 1. The maximum Gasteiger partial charge on any atom is 0.0715 e. The topological polar surface area (TPSA) is 23.8 Å². The molecule has 14 heavy (non-hydrogen) atoms. The summed E-state index contributed by atoms with van der Waals surface area (Å²) in [6.07, 6.45) is 0.886. The van der Waals surface area contributed by atoms with E-state index in [1.807, 2.05) is 24.3 Å². The molecule has 0 aromatic heterocycles. The maximum absolute atomic E-state index is 9.03. The Balaban J connectivity index is 2.85. The summed E-state index contributed by atoms with van der Waals surface area (Å²) >= 11 is 5.87. The van der Waals surface area contributed by atoms with Crippen LogP contribution in [0.2, 0.25) is 5.02 Å². The van der Waals surface area contributed by atoms with Crippen LogP contribution in [-0.2, 0) is 0 Å². The number of rotatable bonds is 3. The molecule has 0 bridgehead atoms. The lowest BCUT2D eigenvalue weighted by molar-refractivity contribution is 0.555. The van der Waals surface area contributed by atoms with Crippen LogP contribution in [0.1, 0.15) is 31.7 Å². The van der Waals surface area contributed by atoms with E-state index in [1.165, 1.54) is 0 Å². The summed E-state index contributed by atoms with van der Waals surface area (Å²) in [7, 11) is 0. The highest BCUT2D eigenvalue weighted by atomic mass is 35.5. The third kappa shape index (κ3) is 3.05. The molecule has 0 spiro atoms. The largest absolute Gasteiger partial charge is 0.198 e. The summed E-state index contributed by atoms with van der Waals surface area (Å²) in [5.41, 5.74) is 1.02. The Morgan fingerprint density at radius 1 is 1.43 bits per heavy atom. The molecule has 0 saturated carbocycles. The van der Waals surface area contributed by atoms with Gasteiger partial charge in [-0.1, -0.05) is 37.6 Å². The van der Waals surface area contributed by atoms with Gasteiger partial charge in [0, 0.05) is 5.02 Å². The van der Waals surface area contributed by atoms with Crippen LogP contribution in [0.3, 0.4) is 0 Å². The van der Waals surface area contributed by atoms with Crippen LogP contribution in [0.25, 0.3) is 0 Å². The van der Waals surface area contributed by atoms with Crippen LogP contribution >= 0.6 is 11.6 Å². The van der Waals surface area contributed by atoms with Gasteiger partial charge < -0.3 is 0 Å². The fourth-order valence-corrected chi connectivity index (χ4v) is 1.66. The molecule has 0 amide bonds. The predicted molar refractivity (Wildman–Crippen MR) is 59.3 cm³/mol. The van der Waals surface area contributed by atoms with Gasteiger partial charge in [-0.25, -0.2) is 0 Å². The smallest absolute Gasteiger partial charge is 0.0715 e. The molecule has 74 valence electrons. The van der Waals surface area contributed by atoms with Crippen molar-refractivity contribution in [1.29, 1.82) is 5.26 Å². The number of halogens is 1. The molecule has 0 fully saturated rings. The summed E-state index contributed by atoms with van der Waals surface area (Å²) in [6, 6.07) is 9.87. The van der Waals surface area contributed by atoms with Gasteiger partial charge in [0.25, 0.3) is 0 Å².